The molecule has 33 heavy (non-hydrogen) atoms. The molecule has 176 valence electrons. The molecule has 0 unspecified atom stereocenters. The molecule has 11 heteroatoms. The van der Waals surface area contributed by atoms with Gasteiger partial charge in [0.15, 0.2) is 6.23 Å². The van der Waals surface area contributed by atoms with E-state index in [1.54, 1.807) is 10.9 Å². The van der Waals surface area contributed by atoms with Gasteiger partial charge in [0, 0.05) is 6.20 Å². The number of aliphatic hydroxyl groups excluding tert-OH is 3. The molecule has 0 aliphatic carbocycles. The molecular formula is C22H27N5O6. The van der Waals surface area contributed by atoms with Crippen LogP contribution in [0.4, 0.5) is 0 Å². The summed E-state index contributed by atoms with van der Waals surface area (Å²) in [6.45, 7) is 2.08. The third-order valence-electron chi connectivity index (χ3n) is 5.76. The van der Waals surface area contributed by atoms with Crippen LogP contribution in [0.1, 0.15) is 37.1 Å². The van der Waals surface area contributed by atoms with Gasteiger partial charge < -0.3 is 20.1 Å². The molecule has 4 atom stereocenters. The van der Waals surface area contributed by atoms with E-state index in [0.29, 0.717) is 6.54 Å². The van der Waals surface area contributed by atoms with Gasteiger partial charge in [0.05, 0.1) is 24.9 Å². The Morgan fingerprint density at radius 3 is 2.48 bits per heavy atom. The van der Waals surface area contributed by atoms with E-state index in [2.05, 4.69) is 34.4 Å². The lowest BCUT2D eigenvalue weighted by Crippen LogP contribution is -2.38. The molecule has 3 aromatic rings. The van der Waals surface area contributed by atoms with Crippen molar-refractivity contribution in [3.8, 4) is 11.3 Å². The highest BCUT2D eigenvalue weighted by Gasteiger charge is 2.43. The second-order valence-electron chi connectivity index (χ2n) is 8.16. The van der Waals surface area contributed by atoms with Gasteiger partial charge in [-0.2, -0.15) is 0 Å². The van der Waals surface area contributed by atoms with Crippen molar-refractivity contribution in [2.24, 2.45) is 0 Å². The van der Waals surface area contributed by atoms with Crippen LogP contribution in [-0.2, 0) is 17.7 Å². The molecule has 1 saturated heterocycles. The fourth-order valence-electron chi connectivity index (χ4n) is 3.85. The molecule has 1 fully saturated rings. The Morgan fingerprint density at radius 2 is 1.82 bits per heavy atom. The van der Waals surface area contributed by atoms with Gasteiger partial charge in [-0.05, 0) is 24.0 Å². The molecule has 3 heterocycles. The quantitative estimate of drug-likeness (QED) is 0.362. The van der Waals surface area contributed by atoms with Crippen LogP contribution in [0.5, 0.6) is 0 Å². The van der Waals surface area contributed by atoms with Crippen molar-refractivity contribution in [1.82, 2.24) is 24.5 Å². The van der Waals surface area contributed by atoms with Gasteiger partial charge in [-0.3, -0.25) is 14.3 Å². The average Bonchev–Trinajstić information content (AvgIpc) is 3.38. The second-order valence-corrected chi connectivity index (χ2v) is 8.16. The van der Waals surface area contributed by atoms with Gasteiger partial charge >= 0.3 is 5.69 Å². The molecular weight excluding hydrogens is 430 g/mol. The van der Waals surface area contributed by atoms with Gasteiger partial charge in [-0.25, -0.2) is 9.48 Å². The molecule has 0 spiro atoms. The van der Waals surface area contributed by atoms with E-state index >= 15 is 0 Å². The van der Waals surface area contributed by atoms with Crippen LogP contribution < -0.4 is 11.2 Å². The number of hydrogen-bond acceptors (Lipinski definition) is 8. The molecule has 4 rings (SSSR count). The largest absolute Gasteiger partial charge is 0.394 e. The molecule has 11 nitrogen and oxygen atoms in total. The van der Waals surface area contributed by atoms with Crippen molar-refractivity contribution in [1.29, 1.82) is 0 Å². The van der Waals surface area contributed by atoms with E-state index in [1.165, 1.54) is 11.8 Å². The SMILES string of the molecule is CCCCc1ccc(Cn2cc(-c3cn([C@@H]4O[C@H](CO)[C@@H](O)[C@H]4O)c(=O)[nH]c3=O)nn2)cc1. The summed E-state index contributed by atoms with van der Waals surface area (Å²) in [6, 6.07) is 8.23. The van der Waals surface area contributed by atoms with Crippen molar-refractivity contribution in [3.05, 3.63) is 68.6 Å². The third kappa shape index (κ3) is 4.81. The van der Waals surface area contributed by atoms with Crippen molar-refractivity contribution in [2.45, 2.75) is 57.3 Å². The fourth-order valence-corrected chi connectivity index (χ4v) is 3.85. The number of benzene rings is 1. The van der Waals surface area contributed by atoms with Crippen molar-refractivity contribution in [2.75, 3.05) is 6.61 Å². The van der Waals surface area contributed by atoms with Crippen LogP contribution >= 0.6 is 0 Å². The van der Waals surface area contributed by atoms with Crippen LogP contribution in [0.3, 0.4) is 0 Å². The third-order valence-corrected chi connectivity index (χ3v) is 5.76. The summed E-state index contributed by atoms with van der Waals surface area (Å²) >= 11 is 0. The van der Waals surface area contributed by atoms with E-state index in [9.17, 15) is 24.9 Å². The second kappa shape index (κ2) is 9.79. The maximum atomic E-state index is 12.4. The molecule has 1 aliphatic rings. The molecule has 1 aromatic carbocycles. The highest BCUT2D eigenvalue weighted by molar-refractivity contribution is 5.54. The highest BCUT2D eigenvalue weighted by atomic mass is 16.6. The maximum Gasteiger partial charge on any atom is 0.330 e. The predicted molar refractivity (Wildman–Crippen MR) is 118 cm³/mol. The fraction of sp³-hybridized carbons (Fsp3) is 0.455. The number of nitrogens with one attached hydrogen (secondary N) is 1. The topological polar surface area (TPSA) is 155 Å². The van der Waals surface area contributed by atoms with Gasteiger partial charge in [0.2, 0.25) is 0 Å². The Balaban J connectivity index is 1.56. The molecule has 0 saturated carbocycles. The monoisotopic (exact) mass is 457 g/mol. The summed E-state index contributed by atoms with van der Waals surface area (Å²) < 4.78 is 7.95. The average molecular weight is 457 g/mol. The number of aromatic amines is 1. The molecule has 4 N–H and O–H groups in total. The lowest BCUT2D eigenvalue weighted by atomic mass is 10.1. The van der Waals surface area contributed by atoms with E-state index < -0.39 is 42.4 Å². The smallest absolute Gasteiger partial charge is 0.330 e. The Kier molecular flexibility index (Phi) is 6.84. The van der Waals surface area contributed by atoms with Crippen LogP contribution in [0.15, 0.2) is 46.2 Å². The van der Waals surface area contributed by atoms with E-state index in [4.69, 9.17) is 4.74 Å². The Morgan fingerprint density at radius 1 is 1.09 bits per heavy atom. The first-order valence-electron chi connectivity index (χ1n) is 10.9. The number of hydrogen-bond donors (Lipinski definition) is 4. The standard InChI is InChI=1S/C22H27N5O6/c1-2-3-4-13-5-7-14(8-6-13)9-26-11-16(24-25-26)15-10-27(22(32)23-20(15)31)21-19(30)18(29)17(12-28)33-21/h5-8,10-11,17-19,21,28-30H,2-4,9,12H2,1H3,(H,23,31,32)/t17-,18-,19-,21-/m1/s1. The van der Waals surface area contributed by atoms with Crippen LogP contribution in [0.2, 0.25) is 0 Å². The molecule has 0 bridgehead atoms. The van der Waals surface area contributed by atoms with Gasteiger partial charge in [-0.15, -0.1) is 5.10 Å². The lowest BCUT2D eigenvalue weighted by molar-refractivity contribution is -0.0549. The van der Waals surface area contributed by atoms with Crippen molar-refractivity contribution >= 4 is 0 Å². The minimum atomic E-state index is -1.46. The summed E-state index contributed by atoms with van der Waals surface area (Å²) in [6.07, 6.45) is 0.947. The summed E-state index contributed by atoms with van der Waals surface area (Å²) in [5.41, 5.74) is 1.09. The molecule has 0 amide bonds. The number of aryl methyl sites for hydroxylation is 1. The molecule has 1 aliphatic heterocycles. The first-order valence-corrected chi connectivity index (χ1v) is 10.9. The number of aromatic nitrogens is 5. The zero-order chi connectivity index (χ0) is 23.5. The summed E-state index contributed by atoms with van der Waals surface area (Å²) in [5, 5.41) is 37.6. The first kappa shape index (κ1) is 23.1. The number of ether oxygens (including phenoxy) is 1. The highest BCUT2D eigenvalue weighted by Crippen LogP contribution is 2.28. The Labute approximate surface area is 188 Å². The van der Waals surface area contributed by atoms with Gasteiger partial charge in [0.25, 0.3) is 5.56 Å². The van der Waals surface area contributed by atoms with E-state index in [1.807, 2.05) is 12.1 Å². The number of H-pyrrole nitrogens is 1. The lowest BCUT2D eigenvalue weighted by Gasteiger charge is -2.17. The van der Waals surface area contributed by atoms with Gasteiger partial charge in [0.1, 0.15) is 24.0 Å². The van der Waals surface area contributed by atoms with Gasteiger partial charge in [-0.1, -0.05) is 42.8 Å². The van der Waals surface area contributed by atoms with Crippen molar-refractivity contribution < 1.29 is 20.1 Å². The summed E-state index contributed by atoms with van der Waals surface area (Å²) in [7, 11) is 0. The number of aliphatic hydroxyl groups is 3. The predicted octanol–water partition coefficient (Wildman–Crippen LogP) is -0.202. The van der Waals surface area contributed by atoms with Crippen LogP contribution in [0, 0.1) is 0 Å². The molecule has 2 aromatic heterocycles. The van der Waals surface area contributed by atoms with Crippen molar-refractivity contribution in [3.63, 3.8) is 0 Å². The number of nitrogens with zero attached hydrogens (tertiary/aromatic N) is 4. The Hall–Kier alpha value is -3.12. The first-order chi connectivity index (χ1) is 15.9. The zero-order valence-electron chi connectivity index (χ0n) is 18.2. The molecule has 0 radical (unpaired) electrons. The van der Waals surface area contributed by atoms with Crippen LogP contribution in [0.25, 0.3) is 11.3 Å². The minimum absolute atomic E-state index is 0.0495. The number of rotatable bonds is 8. The van der Waals surface area contributed by atoms with Crippen LogP contribution in [-0.4, -0.2) is 64.8 Å². The summed E-state index contributed by atoms with van der Waals surface area (Å²) in [5.74, 6) is 0. The minimum Gasteiger partial charge on any atom is -0.394 e. The number of unbranched alkanes of at least 4 members (excludes halogenated alkanes) is 1. The van der Waals surface area contributed by atoms with E-state index in [0.717, 1.165) is 29.4 Å². The Bertz CT molecular complexity index is 1200. The maximum absolute atomic E-state index is 12.4. The summed E-state index contributed by atoms with van der Waals surface area (Å²) in [4.78, 5) is 26.9. The normalized spacial score (nSPS) is 22.7. The van der Waals surface area contributed by atoms with E-state index in [-0.39, 0.29) is 11.3 Å². The zero-order valence-corrected chi connectivity index (χ0v) is 18.2.